The highest BCUT2D eigenvalue weighted by Crippen LogP contribution is 2.11. The highest BCUT2D eigenvalue weighted by Gasteiger charge is 2.15. The van der Waals surface area contributed by atoms with Crippen molar-refractivity contribution in [2.75, 3.05) is 18.4 Å². The van der Waals surface area contributed by atoms with E-state index in [4.69, 9.17) is 0 Å². The topological polar surface area (TPSA) is 45.2 Å². The summed E-state index contributed by atoms with van der Waals surface area (Å²) in [5.41, 5.74) is 2.45. The van der Waals surface area contributed by atoms with Crippen LogP contribution >= 0.6 is 0 Å². The smallest absolute Gasteiger partial charge is 0.272 e. The van der Waals surface area contributed by atoms with E-state index in [-0.39, 0.29) is 5.91 Å². The molecule has 0 unspecified atom stereocenters. The number of benzene rings is 1. The first kappa shape index (κ1) is 15.8. The molecule has 0 saturated heterocycles. The number of amides is 1. The molecule has 0 bridgehead atoms. The van der Waals surface area contributed by atoms with E-state index in [0.29, 0.717) is 25.3 Å². The van der Waals surface area contributed by atoms with Gasteiger partial charge >= 0.3 is 0 Å². The zero-order chi connectivity index (χ0) is 15.8. The fourth-order valence-corrected chi connectivity index (χ4v) is 2.11. The summed E-state index contributed by atoms with van der Waals surface area (Å²) in [6, 6.07) is 13.6. The predicted octanol–water partition coefficient (Wildman–Crippen LogP) is 3.34. The number of pyridine rings is 1. The third kappa shape index (κ3) is 4.19. The second-order valence-corrected chi connectivity index (χ2v) is 4.91. The number of hydrogen-bond donors (Lipinski definition) is 1. The average molecular weight is 295 g/mol. The van der Waals surface area contributed by atoms with Crippen molar-refractivity contribution in [3.63, 3.8) is 0 Å². The lowest BCUT2D eigenvalue weighted by Crippen LogP contribution is -2.30. The molecule has 1 aromatic carbocycles. The third-order valence-corrected chi connectivity index (χ3v) is 3.32. The third-order valence-electron chi connectivity index (χ3n) is 3.32. The molecule has 0 aliphatic carbocycles. The van der Waals surface area contributed by atoms with Crippen molar-refractivity contribution >= 4 is 11.6 Å². The highest BCUT2D eigenvalue weighted by molar-refractivity contribution is 5.92. The van der Waals surface area contributed by atoms with Crippen LogP contribution in [0, 0.1) is 0 Å². The molecule has 0 atom stereocenters. The number of carbonyl (C=O) groups is 1. The van der Waals surface area contributed by atoms with E-state index < -0.39 is 0 Å². The van der Waals surface area contributed by atoms with Gasteiger partial charge < -0.3 is 10.2 Å². The second kappa shape index (κ2) is 7.98. The normalized spacial score (nSPS) is 10.0. The number of hydrogen-bond acceptors (Lipinski definition) is 3. The van der Waals surface area contributed by atoms with Crippen molar-refractivity contribution < 1.29 is 4.79 Å². The molecular formula is C18H21N3O. The standard InChI is InChI=1S/C18H21N3O/c1-3-12-19-16-10-11-17(20-13-16)18(22)21(4-2)14-15-8-6-5-7-9-15/h3,5-11,13,19H,1,4,12,14H2,2H3. The number of carbonyl (C=O) groups excluding carboxylic acids is 1. The van der Waals surface area contributed by atoms with Gasteiger partial charge in [-0.2, -0.15) is 0 Å². The minimum Gasteiger partial charge on any atom is -0.380 e. The molecule has 2 rings (SSSR count). The van der Waals surface area contributed by atoms with Gasteiger partial charge in [-0.15, -0.1) is 6.58 Å². The van der Waals surface area contributed by atoms with Gasteiger partial charge in [0.25, 0.3) is 5.91 Å². The highest BCUT2D eigenvalue weighted by atomic mass is 16.2. The van der Waals surface area contributed by atoms with E-state index in [0.717, 1.165) is 11.3 Å². The Morgan fingerprint density at radius 2 is 2.05 bits per heavy atom. The van der Waals surface area contributed by atoms with Crippen LogP contribution in [0.5, 0.6) is 0 Å². The predicted molar refractivity (Wildman–Crippen MR) is 89.8 cm³/mol. The Morgan fingerprint density at radius 3 is 2.64 bits per heavy atom. The van der Waals surface area contributed by atoms with E-state index in [1.165, 1.54) is 0 Å². The first-order valence-electron chi connectivity index (χ1n) is 7.38. The van der Waals surface area contributed by atoms with Crippen LogP contribution in [0.25, 0.3) is 0 Å². The van der Waals surface area contributed by atoms with Gasteiger partial charge in [-0.3, -0.25) is 4.79 Å². The summed E-state index contributed by atoms with van der Waals surface area (Å²) in [4.78, 5) is 18.6. The fraction of sp³-hybridized carbons (Fsp3) is 0.222. The van der Waals surface area contributed by atoms with E-state index in [2.05, 4.69) is 16.9 Å². The molecule has 0 fully saturated rings. The maximum Gasteiger partial charge on any atom is 0.272 e. The molecule has 0 saturated carbocycles. The molecule has 0 aliphatic heterocycles. The fourth-order valence-electron chi connectivity index (χ4n) is 2.11. The summed E-state index contributed by atoms with van der Waals surface area (Å²) in [5, 5.41) is 3.14. The monoisotopic (exact) mass is 295 g/mol. The zero-order valence-electron chi connectivity index (χ0n) is 12.8. The molecule has 1 amide bonds. The minimum absolute atomic E-state index is 0.0541. The van der Waals surface area contributed by atoms with Crippen molar-refractivity contribution in [1.29, 1.82) is 0 Å². The van der Waals surface area contributed by atoms with Crippen molar-refractivity contribution in [3.8, 4) is 0 Å². The van der Waals surface area contributed by atoms with E-state index in [1.54, 1.807) is 23.2 Å². The van der Waals surface area contributed by atoms with Crippen LogP contribution in [0.15, 0.2) is 61.3 Å². The molecule has 2 aromatic rings. The molecule has 0 spiro atoms. The first-order chi connectivity index (χ1) is 10.7. The Balaban J connectivity index is 2.06. The molecule has 114 valence electrons. The number of anilines is 1. The Bertz CT molecular complexity index is 608. The largest absolute Gasteiger partial charge is 0.380 e. The molecular weight excluding hydrogens is 274 g/mol. The van der Waals surface area contributed by atoms with Gasteiger partial charge in [-0.1, -0.05) is 36.4 Å². The molecule has 22 heavy (non-hydrogen) atoms. The summed E-state index contributed by atoms with van der Waals surface area (Å²) >= 11 is 0. The van der Waals surface area contributed by atoms with Gasteiger partial charge in [0.15, 0.2) is 0 Å². The van der Waals surface area contributed by atoms with Crippen molar-refractivity contribution in [2.24, 2.45) is 0 Å². The summed E-state index contributed by atoms with van der Waals surface area (Å²) < 4.78 is 0. The van der Waals surface area contributed by atoms with E-state index >= 15 is 0 Å². The maximum absolute atomic E-state index is 12.5. The van der Waals surface area contributed by atoms with Crippen LogP contribution in [-0.4, -0.2) is 28.9 Å². The molecule has 0 aliphatic rings. The maximum atomic E-state index is 12.5. The molecule has 1 heterocycles. The van der Waals surface area contributed by atoms with Crippen LogP contribution < -0.4 is 5.32 Å². The first-order valence-corrected chi connectivity index (χ1v) is 7.38. The average Bonchev–Trinajstić information content (AvgIpc) is 2.58. The number of nitrogens with one attached hydrogen (secondary N) is 1. The van der Waals surface area contributed by atoms with Gasteiger partial charge in [0.05, 0.1) is 11.9 Å². The molecule has 1 aromatic heterocycles. The van der Waals surface area contributed by atoms with Crippen molar-refractivity contribution in [1.82, 2.24) is 9.88 Å². The lowest BCUT2D eigenvalue weighted by Gasteiger charge is -2.20. The number of aromatic nitrogens is 1. The van der Waals surface area contributed by atoms with Crippen molar-refractivity contribution in [3.05, 3.63) is 72.6 Å². The zero-order valence-corrected chi connectivity index (χ0v) is 12.8. The Labute approximate surface area is 131 Å². The van der Waals surface area contributed by atoms with Gasteiger partial charge in [0.2, 0.25) is 0 Å². The van der Waals surface area contributed by atoms with Crippen LogP contribution in [0.3, 0.4) is 0 Å². The molecule has 0 radical (unpaired) electrons. The summed E-state index contributed by atoms with van der Waals surface area (Å²) in [7, 11) is 0. The van der Waals surface area contributed by atoms with Crippen LogP contribution in [0.2, 0.25) is 0 Å². The van der Waals surface area contributed by atoms with Crippen LogP contribution in [0.4, 0.5) is 5.69 Å². The lowest BCUT2D eigenvalue weighted by molar-refractivity contribution is 0.0746. The Morgan fingerprint density at radius 1 is 1.27 bits per heavy atom. The molecule has 1 N–H and O–H groups in total. The number of rotatable bonds is 7. The SMILES string of the molecule is C=CCNc1ccc(C(=O)N(CC)Cc2ccccc2)nc1. The molecule has 4 heteroatoms. The Kier molecular flexibility index (Phi) is 5.72. The van der Waals surface area contributed by atoms with Crippen LogP contribution in [0.1, 0.15) is 23.0 Å². The summed E-state index contributed by atoms with van der Waals surface area (Å²) in [6.45, 7) is 7.53. The van der Waals surface area contributed by atoms with Gasteiger partial charge in [0, 0.05) is 19.6 Å². The Hall–Kier alpha value is -2.62. The lowest BCUT2D eigenvalue weighted by atomic mass is 10.2. The van der Waals surface area contributed by atoms with Gasteiger partial charge in [0.1, 0.15) is 5.69 Å². The van der Waals surface area contributed by atoms with Gasteiger partial charge in [-0.25, -0.2) is 4.98 Å². The number of nitrogens with zero attached hydrogens (tertiary/aromatic N) is 2. The second-order valence-electron chi connectivity index (χ2n) is 4.91. The van der Waals surface area contributed by atoms with Crippen LogP contribution in [-0.2, 0) is 6.54 Å². The van der Waals surface area contributed by atoms with E-state index in [1.807, 2.05) is 43.3 Å². The minimum atomic E-state index is -0.0541. The summed E-state index contributed by atoms with van der Waals surface area (Å²) in [5.74, 6) is -0.0541. The molecule has 4 nitrogen and oxygen atoms in total. The van der Waals surface area contributed by atoms with E-state index in [9.17, 15) is 4.79 Å². The summed E-state index contributed by atoms with van der Waals surface area (Å²) in [6.07, 6.45) is 3.45. The van der Waals surface area contributed by atoms with Crippen molar-refractivity contribution in [2.45, 2.75) is 13.5 Å². The quantitative estimate of drug-likeness (QED) is 0.797. The van der Waals surface area contributed by atoms with Gasteiger partial charge in [-0.05, 0) is 24.6 Å².